The van der Waals surface area contributed by atoms with Crippen molar-refractivity contribution in [3.8, 4) is 6.07 Å². The lowest BCUT2D eigenvalue weighted by atomic mass is 10.1. The van der Waals surface area contributed by atoms with E-state index in [4.69, 9.17) is 9.78 Å². The molecule has 1 heterocycles. The molecule has 0 spiro atoms. The monoisotopic (exact) mass is 323 g/mol. The largest absolute Gasteiger partial charge is 0.338 e. The fourth-order valence-electron chi connectivity index (χ4n) is 1.39. The molecule has 0 aliphatic carbocycles. The molecule has 4 nitrogen and oxygen atoms in total. The van der Waals surface area contributed by atoms with Gasteiger partial charge in [-0.2, -0.15) is 10.2 Å². The maximum absolute atomic E-state index is 8.43. The number of thioether (sulfide) groups is 1. The third kappa shape index (κ3) is 3.86. The molecule has 0 aliphatic rings. The standard InChI is InChI=1S/C12H10BrN3OS/c13-10-3-1-9(2-4-10)7-11-15-12(17-16-11)8-18-6-5-14/h1-4H,6-8H2. The third-order valence-corrected chi connectivity index (χ3v) is 3.49. The van der Waals surface area contributed by atoms with E-state index in [0.717, 1.165) is 10.0 Å². The summed E-state index contributed by atoms with van der Waals surface area (Å²) in [7, 11) is 0. The van der Waals surface area contributed by atoms with E-state index in [-0.39, 0.29) is 0 Å². The van der Waals surface area contributed by atoms with Crippen molar-refractivity contribution in [2.45, 2.75) is 12.2 Å². The summed E-state index contributed by atoms with van der Waals surface area (Å²) in [4.78, 5) is 4.28. The van der Waals surface area contributed by atoms with Crippen molar-refractivity contribution in [2.75, 3.05) is 5.75 Å². The third-order valence-electron chi connectivity index (χ3n) is 2.18. The Balaban J connectivity index is 1.94. The maximum Gasteiger partial charge on any atom is 0.236 e. The first-order chi connectivity index (χ1) is 8.78. The zero-order valence-corrected chi connectivity index (χ0v) is 11.9. The van der Waals surface area contributed by atoms with Crippen LogP contribution in [0.15, 0.2) is 33.3 Å². The van der Waals surface area contributed by atoms with Gasteiger partial charge in [-0.1, -0.05) is 33.2 Å². The van der Waals surface area contributed by atoms with E-state index < -0.39 is 0 Å². The molecule has 2 rings (SSSR count). The van der Waals surface area contributed by atoms with Crippen LogP contribution < -0.4 is 0 Å². The second kappa shape index (κ2) is 6.57. The molecule has 92 valence electrons. The van der Waals surface area contributed by atoms with Gasteiger partial charge in [0, 0.05) is 10.9 Å². The van der Waals surface area contributed by atoms with Gasteiger partial charge in [0.1, 0.15) is 0 Å². The van der Waals surface area contributed by atoms with E-state index in [1.807, 2.05) is 24.3 Å². The van der Waals surface area contributed by atoms with E-state index in [1.54, 1.807) is 0 Å². The van der Waals surface area contributed by atoms with Crippen molar-refractivity contribution in [3.05, 3.63) is 46.0 Å². The van der Waals surface area contributed by atoms with E-state index in [1.165, 1.54) is 11.8 Å². The number of nitrogens with zero attached hydrogens (tertiary/aromatic N) is 3. The van der Waals surface area contributed by atoms with Crippen LogP contribution in [-0.2, 0) is 12.2 Å². The lowest BCUT2D eigenvalue weighted by molar-refractivity contribution is 0.386. The molecule has 0 N–H and O–H groups in total. The topological polar surface area (TPSA) is 62.7 Å². The number of aromatic nitrogens is 2. The van der Waals surface area contributed by atoms with Crippen molar-refractivity contribution in [2.24, 2.45) is 0 Å². The highest BCUT2D eigenvalue weighted by atomic mass is 79.9. The Kier molecular flexibility index (Phi) is 4.79. The summed E-state index contributed by atoms with van der Waals surface area (Å²) in [5.74, 6) is 2.26. The van der Waals surface area contributed by atoms with Gasteiger partial charge in [-0.05, 0) is 17.7 Å². The summed E-state index contributed by atoms with van der Waals surface area (Å²) < 4.78 is 6.16. The Morgan fingerprint density at radius 2 is 2.11 bits per heavy atom. The quantitative estimate of drug-likeness (QED) is 0.791. The number of rotatable bonds is 5. The number of benzene rings is 1. The molecular weight excluding hydrogens is 314 g/mol. The Bertz CT molecular complexity index is 547. The fourth-order valence-corrected chi connectivity index (χ4v) is 2.14. The van der Waals surface area contributed by atoms with E-state index in [0.29, 0.717) is 29.6 Å². The van der Waals surface area contributed by atoms with Crippen molar-refractivity contribution in [1.29, 1.82) is 5.26 Å². The Morgan fingerprint density at radius 1 is 1.33 bits per heavy atom. The van der Waals surface area contributed by atoms with Gasteiger partial charge < -0.3 is 4.52 Å². The normalized spacial score (nSPS) is 10.2. The van der Waals surface area contributed by atoms with E-state index >= 15 is 0 Å². The number of nitriles is 1. The molecule has 0 radical (unpaired) electrons. The number of hydrogen-bond acceptors (Lipinski definition) is 5. The second-order valence-electron chi connectivity index (χ2n) is 3.56. The number of hydrogen-bond donors (Lipinski definition) is 0. The number of halogens is 1. The van der Waals surface area contributed by atoms with Crippen LogP contribution in [0.2, 0.25) is 0 Å². The predicted molar refractivity (Wildman–Crippen MR) is 73.0 cm³/mol. The molecule has 0 saturated heterocycles. The van der Waals surface area contributed by atoms with Gasteiger partial charge >= 0.3 is 0 Å². The smallest absolute Gasteiger partial charge is 0.236 e. The van der Waals surface area contributed by atoms with Gasteiger partial charge in [0.15, 0.2) is 5.82 Å². The van der Waals surface area contributed by atoms with Crippen LogP contribution >= 0.6 is 27.7 Å². The minimum absolute atomic E-state index is 0.435. The summed E-state index contributed by atoms with van der Waals surface area (Å²) in [5, 5.41) is 12.3. The molecule has 0 bridgehead atoms. The van der Waals surface area contributed by atoms with Crippen LogP contribution in [-0.4, -0.2) is 15.9 Å². The molecular formula is C12H10BrN3OS. The molecule has 0 unspecified atom stereocenters. The van der Waals surface area contributed by atoms with Gasteiger partial charge in [-0.25, -0.2) is 0 Å². The first kappa shape index (κ1) is 13.1. The van der Waals surface area contributed by atoms with Gasteiger partial charge in [-0.15, -0.1) is 11.8 Å². The Hall–Kier alpha value is -1.32. The SMILES string of the molecule is N#CCSCc1nc(Cc2ccc(Br)cc2)no1. The zero-order valence-electron chi connectivity index (χ0n) is 9.47. The Labute approximate surface area is 118 Å². The molecule has 0 atom stereocenters. The Morgan fingerprint density at radius 3 is 2.83 bits per heavy atom. The lowest BCUT2D eigenvalue weighted by Gasteiger charge is -1.96. The van der Waals surface area contributed by atoms with Crippen LogP contribution in [0.25, 0.3) is 0 Å². The van der Waals surface area contributed by atoms with Crippen LogP contribution in [0.3, 0.4) is 0 Å². The van der Waals surface area contributed by atoms with Crippen molar-refractivity contribution in [1.82, 2.24) is 10.1 Å². The summed E-state index contributed by atoms with van der Waals surface area (Å²) in [6.45, 7) is 0. The average molecular weight is 324 g/mol. The molecule has 0 fully saturated rings. The summed E-state index contributed by atoms with van der Waals surface area (Å²) >= 11 is 4.86. The molecule has 0 aliphatic heterocycles. The highest BCUT2D eigenvalue weighted by Crippen LogP contribution is 2.14. The van der Waals surface area contributed by atoms with Crippen LogP contribution in [0, 0.1) is 11.3 Å². The fraction of sp³-hybridized carbons (Fsp3) is 0.250. The van der Waals surface area contributed by atoms with Crippen LogP contribution in [0.5, 0.6) is 0 Å². The molecule has 1 aromatic heterocycles. The summed E-state index contributed by atoms with van der Waals surface area (Å²) in [6.07, 6.45) is 0.652. The van der Waals surface area contributed by atoms with Gasteiger partial charge in [0.2, 0.25) is 5.89 Å². The van der Waals surface area contributed by atoms with Gasteiger partial charge in [0.25, 0.3) is 0 Å². The highest BCUT2D eigenvalue weighted by molar-refractivity contribution is 9.10. The van der Waals surface area contributed by atoms with E-state index in [9.17, 15) is 0 Å². The van der Waals surface area contributed by atoms with Crippen LogP contribution in [0.4, 0.5) is 0 Å². The summed E-state index contributed by atoms with van der Waals surface area (Å²) in [6, 6.07) is 10.1. The van der Waals surface area contributed by atoms with Gasteiger partial charge in [-0.3, -0.25) is 0 Å². The average Bonchev–Trinajstić information content (AvgIpc) is 2.80. The predicted octanol–water partition coefficient (Wildman–Crippen LogP) is 3.18. The zero-order chi connectivity index (χ0) is 12.8. The molecule has 18 heavy (non-hydrogen) atoms. The van der Waals surface area contributed by atoms with Crippen molar-refractivity contribution in [3.63, 3.8) is 0 Å². The minimum Gasteiger partial charge on any atom is -0.338 e. The van der Waals surface area contributed by atoms with E-state index in [2.05, 4.69) is 32.1 Å². The minimum atomic E-state index is 0.435. The molecule has 6 heteroatoms. The molecule has 1 aromatic carbocycles. The molecule has 0 saturated carbocycles. The highest BCUT2D eigenvalue weighted by Gasteiger charge is 2.07. The first-order valence-corrected chi connectivity index (χ1v) is 7.23. The van der Waals surface area contributed by atoms with Gasteiger partial charge in [0.05, 0.1) is 17.6 Å². The first-order valence-electron chi connectivity index (χ1n) is 5.28. The maximum atomic E-state index is 8.43. The van der Waals surface area contributed by atoms with Crippen molar-refractivity contribution >= 4 is 27.7 Å². The van der Waals surface area contributed by atoms with Crippen LogP contribution in [0.1, 0.15) is 17.3 Å². The lowest BCUT2D eigenvalue weighted by Crippen LogP contribution is -1.91. The molecule has 2 aromatic rings. The summed E-state index contributed by atoms with van der Waals surface area (Å²) in [5.41, 5.74) is 1.13. The molecule has 0 amide bonds. The van der Waals surface area contributed by atoms with Crippen molar-refractivity contribution < 1.29 is 4.52 Å². The second-order valence-corrected chi connectivity index (χ2v) is 5.46.